The number of nitrogens with one attached hydrogen (secondary N) is 1. The van der Waals surface area contributed by atoms with E-state index in [9.17, 15) is 0 Å². The van der Waals surface area contributed by atoms with Crippen molar-refractivity contribution in [2.75, 3.05) is 7.11 Å². The summed E-state index contributed by atoms with van der Waals surface area (Å²) >= 11 is 9.83. The summed E-state index contributed by atoms with van der Waals surface area (Å²) in [6.45, 7) is 3.95. The highest BCUT2D eigenvalue weighted by Gasteiger charge is 2.12. The molecule has 6 heteroatoms. The van der Waals surface area contributed by atoms with Gasteiger partial charge < -0.3 is 14.8 Å². The molecule has 29 heavy (non-hydrogen) atoms. The second-order valence-corrected chi connectivity index (χ2v) is 7.84. The van der Waals surface area contributed by atoms with E-state index in [-0.39, 0.29) is 12.4 Å². The van der Waals surface area contributed by atoms with Crippen LogP contribution in [0.15, 0.2) is 65.1 Å². The molecule has 0 unspecified atom stereocenters. The highest BCUT2D eigenvalue weighted by molar-refractivity contribution is 9.10. The topological polar surface area (TPSA) is 30.5 Å². The van der Waals surface area contributed by atoms with Gasteiger partial charge in [0.15, 0.2) is 11.5 Å². The average Bonchev–Trinajstić information content (AvgIpc) is 2.69. The Bertz CT molecular complexity index is 933. The molecule has 154 valence electrons. The average molecular weight is 497 g/mol. The van der Waals surface area contributed by atoms with Gasteiger partial charge in [-0.2, -0.15) is 0 Å². The number of hydrogen-bond donors (Lipinski definition) is 1. The number of hydrogen-bond acceptors (Lipinski definition) is 3. The summed E-state index contributed by atoms with van der Waals surface area (Å²) in [6, 6.07) is 20.2. The number of ether oxygens (including phenoxy) is 2. The fourth-order valence-electron chi connectivity index (χ4n) is 2.84. The molecule has 0 aliphatic heterocycles. The third kappa shape index (κ3) is 6.65. The van der Waals surface area contributed by atoms with Gasteiger partial charge in [-0.3, -0.25) is 0 Å². The maximum Gasteiger partial charge on any atom is 0.175 e. The van der Waals surface area contributed by atoms with E-state index in [1.807, 2.05) is 36.4 Å². The van der Waals surface area contributed by atoms with Gasteiger partial charge in [0.25, 0.3) is 0 Å². The van der Waals surface area contributed by atoms with E-state index in [1.54, 1.807) is 7.11 Å². The van der Waals surface area contributed by atoms with Crippen LogP contribution in [-0.4, -0.2) is 7.11 Å². The molecule has 0 atom stereocenters. The molecule has 0 radical (unpaired) electrons. The number of halogens is 3. The second kappa shape index (κ2) is 11.5. The number of benzene rings is 3. The predicted molar refractivity (Wildman–Crippen MR) is 125 cm³/mol. The zero-order chi connectivity index (χ0) is 19.9. The first kappa shape index (κ1) is 23.6. The summed E-state index contributed by atoms with van der Waals surface area (Å²) in [4.78, 5) is 0. The largest absolute Gasteiger partial charge is 0.493 e. The van der Waals surface area contributed by atoms with Gasteiger partial charge in [-0.05, 0) is 57.7 Å². The van der Waals surface area contributed by atoms with E-state index < -0.39 is 0 Å². The molecule has 0 aliphatic carbocycles. The van der Waals surface area contributed by atoms with Gasteiger partial charge in [-0.1, -0.05) is 59.6 Å². The van der Waals surface area contributed by atoms with Gasteiger partial charge in [-0.25, -0.2) is 0 Å². The van der Waals surface area contributed by atoms with E-state index in [1.165, 1.54) is 5.56 Å². The Hall–Kier alpha value is -1.72. The molecular weight excluding hydrogens is 473 g/mol. The highest BCUT2D eigenvalue weighted by atomic mass is 79.9. The minimum atomic E-state index is 0. The maximum atomic E-state index is 6.21. The van der Waals surface area contributed by atoms with Gasteiger partial charge in [0.1, 0.15) is 6.61 Å². The molecule has 0 spiro atoms. The molecule has 0 aromatic heterocycles. The van der Waals surface area contributed by atoms with Crippen molar-refractivity contribution in [2.24, 2.45) is 0 Å². The number of methoxy groups -OCH3 is 1. The molecule has 3 rings (SSSR count). The number of aryl methyl sites for hydroxylation is 1. The zero-order valence-electron chi connectivity index (χ0n) is 16.4. The van der Waals surface area contributed by atoms with Crippen molar-refractivity contribution >= 4 is 39.9 Å². The normalized spacial score (nSPS) is 10.3. The molecule has 0 amide bonds. The maximum absolute atomic E-state index is 6.21. The Labute approximate surface area is 191 Å². The van der Waals surface area contributed by atoms with E-state index in [4.69, 9.17) is 21.1 Å². The van der Waals surface area contributed by atoms with Crippen LogP contribution in [-0.2, 0) is 19.7 Å². The Morgan fingerprint density at radius 3 is 2.38 bits per heavy atom. The Kier molecular flexibility index (Phi) is 9.31. The molecule has 0 saturated carbocycles. The summed E-state index contributed by atoms with van der Waals surface area (Å²) in [5.41, 5.74) is 4.52. The Morgan fingerprint density at radius 2 is 1.69 bits per heavy atom. The third-order valence-electron chi connectivity index (χ3n) is 4.40. The molecule has 0 fully saturated rings. The highest BCUT2D eigenvalue weighted by Crippen LogP contribution is 2.37. The van der Waals surface area contributed by atoms with Crippen molar-refractivity contribution in [1.29, 1.82) is 0 Å². The first-order valence-corrected chi connectivity index (χ1v) is 10.2. The minimum absolute atomic E-state index is 0. The van der Waals surface area contributed by atoms with Crippen LogP contribution in [0.2, 0.25) is 5.02 Å². The first-order valence-electron chi connectivity index (χ1n) is 9.05. The quantitative estimate of drug-likeness (QED) is 0.376. The third-order valence-corrected chi connectivity index (χ3v) is 5.35. The van der Waals surface area contributed by atoms with Crippen LogP contribution in [0.1, 0.15) is 22.3 Å². The fraction of sp³-hybridized carbons (Fsp3) is 0.217. The van der Waals surface area contributed by atoms with Crippen LogP contribution in [0.4, 0.5) is 0 Å². The summed E-state index contributed by atoms with van der Waals surface area (Å²) in [5.74, 6) is 1.41. The van der Waals surface area contributed by atoms with E-state index >= 15 is 0 Å². The van der Waals surface area contributed by atoms with Crippen molar-refractivity contribution in [1.82, 2.24) is 5.32 Å². The van der Waals surface area contributed by atoms with Gasteiger partial charge in [0.2, 0.25) is 0 Å². The summed E-state index contributed by atoms with van der Waals surface area (Å²) in [5, 5.41) is 4.19. The lowest BCUT2D eigenvalue weighted by molar-refractivity contribution is 0.282. The standard InChI is InChI=1S/C23H23BrClNO2.ClH/c1-16-7-9-17(10-8-16)15-28-23-20(24)11-18(12-22(23)27-2)13-26-14-19-5-3-4-6-21(19)25;/h3-12,26H,13-15H2,1-2H3;1H. The Balaban J connectivity index is 0.00000300. The Morgan fingerprint density at radius 1 is 0.966 bits per heavy atom. The van der Waals surface area contributed by atoms with E-state index in [0.717, 1.165) is 26.2 Å². The van der Waals surface area contributed by atoms with E-state index in [0.29, 0.717) is 31.2 Å². The molecule has 0 saturated heterocycles. The van der Waals surface area contributed by atoms with Crippen LogP contribution in [0.3, 0.4) is 0 Å². The van der Waals surface area contributed by atoms with Gasteiger partial charge in [0.05, 0.1) is 11.6 Å². The summed E-state index contributed by atoms with van der Waals surface area (Å²) in [6.07, 6.45) is 0. The van der Waals surface area contributed by atoms with Crippen molar-refractivity contribution < 1.29 is 9.47 Å². The molecule has 0 heterocycles. The van der Waals surface area contributed by atoms with Crippen LogP contribution < -0.4 is 14.8 Å². The lowest BCUT2D eigenvalue weighted by atomic mass is 10.1. The van der Waals surface area contributed by atoms with E-state index in [2.05, 4.69) is 52.4 Å². The van der Waals surface area contributed by atoms with Crippen LogP contribution in [0.25, 0.3) is 0 Å². The van der Waals surface area contributed by atoms with Gasteiger partial charge in [0, 0.05) is 18.1 Å². The number of rotatable bonds is 8. The van der Waals surface area contributed by atoms with Crippen LogP contribution in [0.5, 0.6) is 11.5 Å². The monoisotopic (exact) mass is 495 g/mol. The van der Waals surface area contributed by atoms with Gasteiger partial charge >= 0.3 is 0 Å². The van der Waals surface area contributed by atoms with Gasteiger partial charge in [-0.15, -0.1) is 12.4 Å². The van der Waals surface area contributed by atoms with Crippen molar-refractivity contribution in [3.05, 3.63) is 92.4 Å². The lowest BCUT2D eigenvalue weighted by Gasteiger charge is -2.15. The fourth-order valence-corrected chi connectivity index (χ4v) is 3.64. The lowest BCUT2D eigenvalue weighted by Crippen LogP contribution is -2.13. The smallest absolute Gasteiger partial charge is 0.175 e. The predicted octanol–water partition coefficient (Wildman–Crippen LogP) is 6.71. The molecule has 1 N–H and O–H groups in total. The second-order valence-electron chi connectivity index (χ2n) is 6.58. The summed E-state index contributed by atoms with van der Waals surface area (Å²) < 4.78 is 12.4. The molecule has 0 aliphatic rings. The first-order chi connectivity index (χ1) is 13.6. The minimum Gasteiger partial charge on any atom is -0.493 e. The van der Waals surface area contributed by atoms with Crippen molar-refractivity contribution in [2.45, 2.75) is 26.6 Å². The van der Waals surface area contributed by atoms with Crippen molar-refractivity contribution in [3.8, 4) is 11.5 Å². The molecule has 0 bridgehead atoms. The SMILES string of the molecule is COc1cc(CNCc2ccccc2Cl)cc(Br)c1OCc1ccc(C)cc1.Cl. The van der Waals surface area contributed by atoms with Crippen LogP contribution >= 0.6 is 39.9 Å². The zero-order valence-corrected chi connectivity index (χ0v) is 19.5. The molecule has 3 aromatic carbocycles. The molecule has 3 nitrogen and oxygen atoms in total. The van der Waals surface area contributed by atoms with Crippen LogP contribution in [0, 0.1) is 6.92 Å². The van der Waals surface area contributed by atoms with Crippen molar-refractivity contribution in [3.63, 3.8) is 0 Å². The molecular formula is C23H24BrCl2NO2. The molecule has 3 aromatic rings. The summed E-state index contributed by atoms with van der Waals surface area (Å²) in [7, 11) is 1.65.